The van der Waals surface area contributed by atoms with Crippen molar-refractivity contribution >= 4 is 17.2 Å². The molecular formula is C19H22N2O2S. The van der Waals surface area contributed by atoms with E-state index in [0.717, 1.165) is 28.4 Å². The van der Waals surface area contributed by atoms with Crippen molar-refractivity contribution in [2.75, 3.05) is 6.61 Å². The zero-order chi connectivity index (χ0) is 16.5. The number of carbonyl (C=O) groups excluding carboxylic acids is 1. The van der Waals surface area contributed by atoms with Crippen molar-refractivity contribution in [1.82, 2.24) is 10.3 Å². The molecule has 2 aliphatic rings. The fraction of sp³-hybridized carbons (Fsp3) is 0.474. The summed E-state index contributed by atoms with van der Waals surface area (Å²) in [5.74, 6) is 1.85. The first-order valence-electron chi connectivity index (χ1n) is 8.64. The Bertz CT molecular complexity index is 738. The summed E-state index contributed by atoms with van der Waals surface area (Å²) >= 11 is 1.66. The molecule has 0 unspecified atom stereocenters. The number of carbonyl (C=O) groups is 1. The predicted octanol–water partition coefficient (Wildman–Crippen LogP) is 3.98. The van der Waals surface area contributed by atoms with E-state index in [1.807, 2.05) is 25.1 Å². The Morgan fingerprint density at radius 2 is 2.21 bits per heavy atom. The first kappa shape index (κ1) is 15.6. The van der Waals surface area contributed by atoms with Crippen LogP contribution in [0.4, 0.5) is 0 Å². The van der Waals surface area contributed by atoms with Gasteiger partial charge in [0, 0.05) is 17.5 Å². The third-order valence-corrected chi connectivity index (χ3v) is 5.87. The van der Waals surface area contributed by atoms with E-state index in [1.54, 1.807) is 11.3 Å². The van der Waals surface area contributed by atoms with Crippen molar-refractivity contribution in [1.29, 1.82) is 0 Å². The Hall–Kier alpha value is -1.88. The van der Waals surface area contributed by atoms with Gasteiger partial charge in [-0.25, -0.2) is 4.98 Å². The van der Waals surface area contributed by atoms with E-state index in [2.05, 4.69) is 21.7 Å². The number of benzene rings is 1. The summed E-state index contributed by atoms with van der Waals surface area (Å²) in [6.07, 6.45) is 3.79. The minimum atomic E-state index is 0.0892. The van der Waals surface area contributed by atoms with Gasteiger partial charge in [-0.3, -0.25) is 4.79 Å². The summed E-state index contributed by atoms with van der Waals surface area (Å²) in [4.78, 5) is 17.3. The van der Waals surface area contributed by atoms with E-state index in [0.29, 0.717) is 18.9 Å². The molecule has 2 atom stereocenters. The summed E-state index contributed by atoms with van der Waals surface area (Å²) in [6.45, 7) is 2.69. The second-order valence-electron chi connectivity index (χ2n) is 6.79. The Balaban J connectivity index is 1.45. The molecule has 126 valence electrons. The topological polar surface area (TPSA) is 51.2 Å². The standard InChI is InChI=1S/C19H22N2O2S/c1-12-11-24-19(20-12)18(13-6-7-13)21-17(22)10-14-8-9-23-16-5-3-2-4-15(14)16/h2-5,11,13-14,18H,6-10H2,1H3,(H,21,22)/t14-,18-/m0/s1. The number of amides is 1. The van der Waals surface area contributed by atoms with Crippen molar-refractivity contribution in [3.8, 4) is 5.75 Å². The molecule has 1 N–H and O–H groups in total. The molecule has 1 aromatic carbocycles. The van der Waals surface area contributed by atoms with Crippen LogP contribution in [-0.2, 0) is 4.79 Å². The molecule has 4 nitrogen and oxygen atoms in total. The number of hydrogen-bond donors (Lipinski definition) is 1. The van der Waals surface area contributed by atoms with Crippen molar-refractivity contribution in [2.45, 2.75) is 44.6 Å². The number of thiazole rings is 1. The van der Waals surface area contributed by atoms with Crippen molar-refractivity contribution in [3.05, 3.63) is 45.9 Å². The van der Waals surface area contributed by atoms with Gasteiger partial charge in [0.25, 0.3) is 0 Å². The maximum absolute atomic E-state index is 12.7. The van der Waals surface area contributed by atoms with Crippen molar-refractivity contribution < 1.29 is 9.53 Å². The van der Waals surface area contributed by atoms with Crippen LogP contribution in [0.1, 0.15) is 53.9 Å². The van der Waals surface area contributed by atoms with Crippen LogP contribution in [-0.4, -0.2) is 17.5 Å². The maximum Gasteiger partial charge on any atom is 0.221 e. The van der Waals surface area contributed by atoms with Crippen molar-refractivity contribution in [2.24, 2.45) is 5.92 Å². The molecule has 2 heterocycles. The molecule has 1 saturated carbocycles. The van der Waals surface area contributed by atoms with E-state index >= 15 is 0 Å². The molecular weight excluding hydrogens is 320 g/mol. The normalized spacial score (nSPS) is 20.8. The zero-order valence-corrected chi connectivity index (χ0v) is 14.6. The molecule has 1 amide bonds. The number of aryl methyl sites for hydroxylation is 1. The predicted molar refractivity (Wildman–Crippen MR) is 94.4 cm³/mol. The number of ether oxygens (including phenoxy) is 1. The van der Waals surface area contributed by atoms with E-state index in [9.17, 15) is 4.79 Å². The van der Waals surface area contributed by atoms with E-state index < -0.39 is 0 Å². The van der Waals surface area contributed by atoms with Crippen LogP contribution >= 0.6 is 11.3 Å². The van der Waals surface area contributed by atoms with Gasteiger partial charge in [-0.2, -0.15) is 0 Å². The van der Waals surface area contributed by atoms with E-state index in [-0.39, 0.29) is 17.9 Å². The highest BCUT2D eigenvalue weighted by molar-refractivity contribution is 7.09. The molecule has 4 rings (SSSR count). The number of aromatic nitrogens is 1. The van der Waals surface area contributed by atoms with Gasteiger partial charge in [-0.15, -0.1) is 11.3 Å². The van der Waals surface area contributed by atoms with Crippen LogP contribution < -0.4 is 10.1 Å². The monoisotopic (exact) mass is 342 g/mol. The summed E-state index contributed by atoms with van der Waals surface area (Å²) in [6, 6.07) is 8.16. The molecule has 0 bridgehead atoms. The number of nitrogens with one attached hydrogen (secondary N) is 1. The zero-order valence-electron chi connectivity index (χ0n) is 13.8. The van der Waals surface area contributed by atoms with Gasteiger partial charge in [0.1, 0.15) is 10.8 Å². The van der Waals surface area contributed by atoms with Gasteiger partial charge >= 0.3 is 0 Å². The quantitative estimate of drug-likeness (QED) is 0.894. The van der Waals surface area contributed by atoms with E-state index in [1.165, 1.54) is 12.8 Å². The molecule has 2 aromatic rings. The lowest BCUT2D eigenvalue weighted by Gasteiger charge is -2.26. The Labute approximate surface area is 146 Å². The van der Waals surface area contributed by atoms with Gasteiger partial charge in [0.15, 0.2) is 0 Å². The number of fused-ring (bicyclic) bond motifs is 1. The smallest absolute Gasteiger partial charge is 0.221 e. The first-order valence-corrected chi connectivity index (χ1v) is 9.52. The Morgan fingerprint density at radius 3 is 2.96 bits per heavy atom. The lowest BCUT2D eigenvalue weighted by Crippen LogP contribution is -2.31. The lowest BCUT2D eigenvalue weighted by atomic mass is 9.90. The minimum absolute atomic E-state index is 0.0892. The molecule has 0 saturated heterocycles. The van der Waals surface area contributed by atoms with E-state index in [4.69, 9.17) is 4.74 Å². The molecule has 5 heteroatoms. The fourth-order valence-electron chi connectivity index (χ4n) is 3.41. The highest BCUT2D eigenvalue weighted by atomic mass is 32.1. The third kappa shape index (κ3) is 3.31. The average Bonchev–Trinajstić information content (AvgIpc) is 3.34. The lowest BCUT2D eigenvalue weighted by molar-refractivity contribution is -0.122. The highest BCUT2D eigenvalue weighted by Gasteiger charge is 2.35. The fourth-order valence-corrected chi connectivity index (χ4v) is 4.35. The van der Waals surface area contributed by atoms with Crippen LogP contribution in [0.15, 0.2) is 29.6 Å². The van der Waals surface area contributed by atoms with Crippen LogP contribution in [0, 0.1) is 12.8 Å². The summed E-state index contributed by atoms with van der Waals surface area (Å²) in [5.41, 5.74) is 2.19. The molecule has 0 radical (unpaired) electrons. The number of rotatable bonds is 5. The van der Waals surface area contributed by atoms with Gasteiger partial charge in [-0.1, -0.05) is 18.2 Å². The number of hydrogen-bond acceptors (Lipinski definition) is 4. The molecule has 1 fully saturated rings. The second-order valence-corrected chi connectivity index (χ2v) is 7.68. The molecule has 0 spiro atoms. The largest absolute Gasteiger partial charge is 0.493 e. The molecule has 1 aromatic heterocycles. The molecule has 1 aliphatic heterocycles. The summed E-state index contributed by atoms with van der Waals surface area (Å²) in [7, 11) is 0. The average molecular weight is 342 g/mol. The van der Waals surface area contributed by atoms with Crippen molar-refractivity contribution in [3.63, 3.8) is 0 Å². The maximum atomic E-state index is 12.7. The van der Waals surface area contributed by atoms with Crippen LogP contribution in [0.25, 0.3) is 0 Å². The highest BCUT2D eigenvalue weighted by Crippen LogP contribution is 2.42. The van der Waals surface area contributed by atoms with Crippen LogP contribution in [0.2, 0.25) is 0 Å². The number of para-hydroxylation sites is 1. The molecule has 1 aliphatic carbocycles. The Kier molecular flexibility index (Phi) is 4.27. The molecule has 24 heavy (non-hydrogen) atoms. The van der Waals surface area contributed by atoms with Gasteiger partial charge in [-0.05, 0) is 49.7 Å². The minimum Gasteiger partial charge on any atom is -0.493 e. The van der Waals surface area contributed by atoms with Gasteiger partial charge in [0.05, 0.1) is 12.6 Å². The second kappa shape index (κ2) is 6.55. The van der Waals surface area contributed by atoms with Gasteiger partial charge in [0.2, 0.25) is 5.91 Å². The SMILES string of the molecule is Cc1csc([C@@H](NC(=O)C[C@@H]2CCOc3ccccc32)C2CC2)n1. The number of nitrogens with zero attached hydrogens (tertiary/aromatic N) is 1. The Morgan fingerprint density at radius 1 is 1.38 bits per heavy atom. The van der Waals surface area contributed by atoms with Crippen LogP contribution in [0.3, 0.4) is 0 Å². The summed E-state index contributed by atoms with van der Waals surface area (Å²) < 4.78 is 5.70. The van der Waals surface area contributed by atoms with Crippen LogP contribution in [0.5, 0.6) is 5.75 Å². The third-order valence-electron chi connectivity index (χ3n) is 4.83. The first-order chi connectivity index (χ1) is 11.7. The summed E-state index contributed by atoms with van der Waals surface area (Å²) in [5, 5.41) is 6.37. The van der Waals surface area contributed by atoms with Gasteiger partial charge < -0.3 is 10.1 Å².